The largest absolute Gasteiger partial charge is 0.387 e. The van der Waals surface area contributed by atoms with Gasteiger partial charge < -0.3 is 20.1 Å². The van der Waals surface area contributed by atoms with E-state index in [-0.39, 0.29) is 17.9 Å². The van der Waals surface area contributed by atoms with Crippen LogP contribution in [0.15, 0.2) is 30.3 Å². The van der Waals surface area contributed by atoms with Crippen molar-refractivity contribution < 1.29 is 14.6 Å². The maximum absolute atomic E-state index is 12.3. The molecule has 2 aliphatic rings. The average Bonchev–Trinajstić information content (AvgIpc) is 2.65. The van der Waals surface area contributed by atoms with Crippen molar-refractivity contribution in [3.63, 3.8) is 0 Å². The van der Waals surface area contributed by atoms with E-state index in [4.69, 9.17) is 4.74 Å². The number of carbonyl (C=O) groups is 1. The molecule has 1 aromatic carbocycles. The summed E-state index contributed by atoms with van der Waals surface area (Å²) >= 11 is 0. The Hall–Kier alpha value is -1.43. The number of hydrogen-bond donors (Lipinski definition) is 2. The molecule has 132 valence electrons. The molecule has 0 saturated carbocycles. The van der Waals surface area contributed by atoms with Gasteiger partial charge in [0.05, 0.1) is 6.10 Å². The number of β-amino-alcohol motifs (C(OH)–C–C–N with tert-alkyl or cyclic N) is 1. The van der Waals surface area contributed by atoms with Crippen molar-refractivity contribution in [2.24, 2.45) is 5.92 Å². The lowest BCUT2D eigenvalue weighted by molar-refractivity contribution is -0.128. The van der Waals surface area contributed by atoms with Gasteiger partial charge in [-0.25, -0.2) is 0 Å². The van der Waals surface area contributed by atoms with Gasteiger partial charge in [-0.05, 0) is 31.2 Å². The summed E-state index contributed by atoms with van der Waals surface area (Å²) in [5, 5.41) is 13.5. The Kier molecular flexibility index (Phi) is 6.24. The minimum absolute atomic E-state index is 0.122. The first-order valence-corrected chi connectivity index (χ1v) is 9.06. The fourth-order valence-corrected chi connectivity index (χ4v) is 3.56. The number of hydrogen-bond acceptors (Lipinski definition) is 4. The number of amides is 1. The van der Waals surface area contributed by atoms with Gasteiger partial charge in [-0.2, -0.15) is 0 Å². The number of nitrogens with zero attached hydrogens (tertiary/aromatic N) is 1. The van der Waals surface area contributed by atoms with Crippen LogP contribution in [0.25, 0.3) is 0 Å². The quantitative estimate of drug-likeness (QED) is 0.862. The molecule has 2 heterocycles. The van der Waals surface area contributed by atoms with Gasteiger partial charge in [-0.1, -0.05) is 30.3 Å². The van der Waals surface area contributed by atoms with E-state index in [1.807, 2.05) is 30.3 Å². The molecule has 0 radical (unpaired) electrons. The number of likely N-dealkylation sites (tertiary alicyclic amines) is 1. The standard InChI is InChI=1S/C19H28N2O3/c22-18(15-4-2-1-3-5-15)14-21-10-6-17(7-11-21)20-19(23)16-8-12-24-13-9-16/h1-5,16-18,22H,6-14H2,(H,20,23)/t18-/m1/s1. The molecule has 0 unspecified atom stereocenters. The fourth-order valence-electron chi connectivity index (χ4n) is 3.56. The molecule has 5 heteroatoms. The summed E-state index contributed by atoms with van der Waals surface area (Å²) in [6.45, 7) is 3.90. The van der Waals surface area contributed by atoms with Crippen LogP contribution in [0.2, 0.25) is 0 Å². The van der Waals surface area contributed by atoms with Crippen LogP contribution >= 0.6 is 0 Å². The van der Waals surface area contributed by atoms with E-state index in [0.717, 1.165) is 44.3 Å². The Morgan fingerprint density at radius 2 is 1.83 bits per heavy atom. The summed E-state index contributed by atoms with van der Waals surface area (Å²) in [4.78, 5) is 14.6. The molecule has 5 nitrogen and oxygen atoms in total. The summed E-state index contributed by atoms with van der Waals surface area (Å²) in [6, 6.07) is 10.1. The lowest BCUT2D eigenvalue weighted by Crippen LogP contribution is -2.47. The van der Waals surface area contributed by atoms with Crippen molar-refractivity contribution in [3.05, 3.63) is 35.9 Å². The van der Waals surface area contributed by atoms with Crippen molar-refractivity contribution in [1.29, 1.82) is 0 Å². The van der Waals surface area contributed by atoms with Gasteiger partial charge in [0.25, 0.3) is 0 Å². The van der Waals surface area contributed by atoms with Crippen molar-refractivity contribution in [1.82, 2.24) is 10.2 Å². The predicted molar refractivity (Wildman–Crippen MR) is 92.5 cm³/mol. The molecule has 0 aromatic heterocycles. The maximum atomic E-state index is 12.3. The molecule has 1 aromatic rings. The van der Waals surface area contributed by atoms with E-state index in [2.05, 4.69) is 10.2 Å². The second-order valence-corrected chi connectivity index (χ2v) is 6.90. The van der Waals surface area contributed by atoms with Crippen LogP contribution < -0.4 is 5.32 Å². The molecule has 0 bridgehead atoms. The Morgan fingerprint density at radius 1 is 1.17 bits per heavy atom. The summed E-state index contributed by atoms with van der Waals surface area (Å²) in [5.74, 6) is 0.317. The molecule has 24 heavy (non-hydrogen) atoms. The average molecular weight is 332 g/mol. The third-order valence-corrected chi connectivity index (χ3v) is 5.14. The fraction of sp³-hybridized carbons (Fsp3) is 0.632. The molecule has 1 amide bonds. The van der Waals surface area contributed by atoms with Gasteiger partial charge >= 0.3 is 0 Å². The van der Waals surface area contributed by atoms with E-state index in [1.54, 1.807) is 0 Å². The van der Waals surface area contributed by atoms with Crippen LogP contribution in [0.4, 0.5) is 0 Å². The van der Waals surface area contributed by atoms with Crippen molar-refractivity contribution in [3.8, 4) is 0 Å². The number of benzene rings is 1. The van der Waals surface area contributed by atoms with Crippen LogP contribution in [0, 0.1) is 5.92 Å². The van der Waals surface area contributed by atoms with Crippen LogP contribution in [0.3, 0.4) is 0 Å². The highest BCUT2D eigenvalue weighted by Crippen LogP contribution is 2.19. The third kappa shape index (κ3) is 4.79. The summed E-state index contributed by atoms with van der Waals surface area (Å²) in [7, 11) is 0. The minimum atomic E-state index is -0.445. The molecule has 2 fully saturated rings. The SMILES string of the molecule is O=C(NC1CCN(C[C@@H](O)c2ccccc2)CC1)C1CCOCC1. The number of carbonyl (C=O) groups excluding carboxylic acids is 1. The molecule has 0 aliphatic carbocycles. The Bertz CT molecular complexity index is 509. The molecule has 0 spiro atoms. The van der Waals surface area contributed by atoms with Crippen LogP contribution in [0.5, 0.6) is 0 Å². The monoisotopic (exact) mass is 332 g/mol. The Labute approximate surface area is 144 Å². The van der Waals surface area contributed by atoms with E-state index >= 15 is 0 Å². The van der Waals surface area contributed by atoms with Gasteiger partial charge in [0.15, 0.2) is 0 Å². The van der Waals surface area contributed by atoms with Gasteiger partial charge in [0, 0.05) is 44.8 Å². The van der Waals surface area contributed by atoms with Gasteiger partial charge in [-0.15, -0.1) is 0 Å². The lowest BCUT2D eigenvalue weighted by atomic mass is 9.97. The Morgan fingerprint density at radius 3 is 2.50 bits per heavy atom. The first-order valence-electron chi connectivity index (χ1n) is 9.06. The summed E-state index contributed by atoms with van der Waals surface area (Å²) < 4.78 is 5.32. The molecule has 2 saturated heterocycles. The summed E-state index contributed by atoms with van der Waals surface area (Å²) in [6.07, 6.45) is 3.15. The highest BCUT2D eigenvalue weighted by atomic mass is 16.5. The topological polar surface area (TPSA) is 61.8 Å². The first-order chi connectivity index (χ1) is 11.7. The molecule has 2 N–H and O–H groups in total. The van der Waals surface area contributed by atoms with E-state index < -0.39 is 6.10 Å². The number of piperidine rings is 1. The maximum Gasteiger partial charge on any atom is 0.223 e. The molecule has 2 aliphatic heterocycles. The molecular weight excluding hydrogens is 304 g/mol. The number of ether oxygens (including phenoxy) is 1. The third-order valence-electron chi connectivity index (χ3n) is 5.14. The molecule has 3 rings (SSSR count). The van der Waals surface area contributed by atoms with Crippen LogP contribution in [0.1, 0.15) is 37.4 Å². The zero-order chi connectivity index (χ0) is 16.8. The number of rotatable bonds is 5. The smallest absolute Gasteiger partial charge is 0.223 e. The van der Waals surface area contributed by atoms with E-state index in [0.29, 0.717) is 19.8 Å². The number of aliphatic hydroxyl groups excluding tert-OH is 1. The second-order valence-electron chi connectivity index (χ2n) is 6.90. The van der Waals surface area contributed by atoms with Crippen LogP contribution in [-0.2, 0) is 9.53 Å². The first kappa shape index (κ1) is 17.4. The van der Waals surface area contributed by atoms with Crippen molar-refractivity contribution in [2.75, 3.05) is 32.8 Å². The molecule has 1 atom stereocenters. The zero-order valence-corrected chi connectivity index (χ0v) is 14.2. The lowest BCUT2D eigenvalue weighted by Gasteiger charge is -2.34. The van der Waals surface area contributed by atoms with Gasteiger partial charge in [-0.3, -0.25) is 4.79 Å². The normalized spacial score (nSPS) is 22.2. The van der Waals surface area contributed by atoms with Gasteiger partial charge in [0.1, 0.15) is 0 Å². The zero-order valence-electron chi connectivity index (χ0n) is 14.2. The van der Waals surface area contributed by atoms with Gasteiger partial charge in [0.2, 0.25) is 5.91 Å². The Balaban J connectivity index is 1.40. The highest BCUT2D eigenvalue weighted by molar-refractivity contribution is 5.79. The van der Waals surface area contributed by atoms with Crippen molar-refractivity contribution >= 4 is 5.91 Å². The summed E-state index contributed by atoms with van der Waals surface area (Å²) in [5.41, 5.74) is 0.965. The van der Waals surface area contributed by atoms with Crippen LogP contribution in [-0.4, -0.2) is 54.8 Å². The van der Waals surface area contributed by atoms with E-state index in [1.165, 1.54) is 0 Å². The molecular formula is C19H28N2O3. The number of aliphatic hydroxyl groups is 1. The number of nitrogens with one attached hydrogen (secondary N) is 1. The highest BCUT2D eigenvalue weighted by Gasteiger charge is 2.26. The predicted octanol–water partition coefficient (Wildman–Crippen LogP) is 1.73. The van der Waals surface area contributed by atoms with E-state index in [9.17, 15) is 9.90 Å². The minimum Gasteiger partial charge on any atom is -0.387 e. The van der Waals surface area contributed by atoms with Crippen molar-refractivity contribution in [2.45, 2.75) is 37.8 Å². The second kappa shape index (κ2) is 8.60.